The summed E-state index contributed by atoms with van der Waals surface area (Å²) in [5.41, 5.74) is 0. The summed E-state index contributed by atoms with van der Waals surface area (Å²) in [6.07, 6.45) is 3.33. The molecule has 1 N–H and O–H groups in total. The van der Waals surface area contributed by atoms with E-state index < -0.39 is 5.97 Å². The van der Waals surface area contributed by atoms with Gasteiger partial charge < -0.3 is 14.9 Å². The Bertz CT molecular complexity index is 386. The molecule has 2 amide bonds. The minimum atomic E-state index is -0.958. The number of carbonyl (C=O) groups is 2. The first-order valence-corrected chi connectivity index (χ1v) is 7.39. The molecule has 6 nitrogen and oxygen atoms in total. The summed E-state index contributed by atoms with van der Waals surface area (Å²) >= 11 is 0. The predicted octanol–water partition coefficient (Wildman–Crippen LogP) is 1.07. The third-order valence-corrected chi connectivity index (χ3v) is 4.59. The largest absolute Gasteiger partial charge is 0.480 e. The van der Waals surface area contributed by atoms with Gasteiger partial charge in [0.05, 0.1) is 0 Å². The average molecular weight is 283 g/mol. The number of likely N-dealkylation sites (tertiary alicyclic amines) is 1. The van der Waals surface area contributed by atoms with E-state index >= 15 is 0 Å². The maximum atomic E-state index is 12.6. The molecule has 2 fully saturated rings. The van der Waals surface area contributed by atoms with E-state index in [4.69, 9.17) is 5.11 Å². The summed E-state index contributed by atoms with van der Waals surface area (Å²) in [6, 6.07) is 0.759. The maximum absolute atomic E-state index is 12.6. The van der Waals surface area contributed by atoms with Crippen molar-refractivity contribution in [3.05, 3.63) is 0 Å². The Kier molecular flexibility index (Phi) is 4.52. The molecular formula is C14H25N3O3. The standard InChI is InChI=1S/C14H25N3O3/c1-10(2)17(9-13(18)19)14(20)16-7-6-11-4-5-12(8-16)15(11)3/h10-12H,4-9H2,1-3H3,(H,18,19). The van der Waals surface area contributed by atoms with E-state index in [1.54, 1.807) is 0 Å². The first kappa shape index (κ1) is 15.1. The second-order valence-electron chi connectivity index (χ2n) is 6.18. The second kappa shape index (κ2) is 5.99. The van der Waals surface area contributed by atoms with Crippen LogP contribution in [0.1, 0.15) is 33.1 Å². The third kappa shape index (κ3) is 3.06. The van der Waals surface area contributed by atoms with Gasteiger partial charge in [0.15, 0.2) is 0 Å². The lowest BCUT2D eigenvalue weighted by molar-refractivity contribution is -0.138. The number of nitrogens with zero attached hydrogens (tertiary/aromatic N) is 3. The number of likely N-dealkylation sites (N-methyl/N-ethyl adjacent to an activating group) is 1. The Morgan fingerprint density at radius 3 is 2.50 bits per heavy atom. The Morgan fingerprint density at radius 2 is 1.90 bits per heavy atom. The van der Waals surface area contributed by atoms with E-state index in [2.05, 4.69) is 11.9 Å². The SMILES string of the molecule is CC(C)N(CC(=O)O)C(=O)N1CCC2CCC(C1)N2C. The molecule has 0 saturated carbocycles. The minimum Gasteiger partial charge on any atom is -0.480 e. The highest BCUT2D eigenvalue weighted by molar-refractivity contribution is 5.80. The zero-order valence-corrected chi connectivity index (χ0v) is 12.6. The van der Waals surface area contributed by atoms with Gasteiger partial charge >= 0.3 is 12.0 Å². The van der Waals surface area contributed by atoms with Crippen LogP contribution in [0.15, 0.2) is 0 Å². The fraction of sp³-hybridized carbons (Fsp3) is 0.857. The van der Waals surface area contributed by atoms with E-state index in [1.165, 1.54) is 11.3 Å². The van der Waals surface area contributed by atoms with Crippen LogP contribution in [0.25, 0.3) is 0 Å². The fourth-order valence-electron chi connectivity index (χ4n) is 3.28. The highest BCUT2D eigenvalue weighted by atomic mass is 16.4. The molecule has 0 aromatic rings. The van der Waals surface area contributed by atoms with Gasteiger partial charge in [0.25, 0.3) is 0 Å². The van der Waals surface area contributed by atoms with Crippen molar-refractivity contribution < 1.29 is 14.7 Å². The summed E-state index contributed by atoms with van der Waals surface area (Å²) < 4.78 is 0. The van der Waals surface area contributed by atoms with E-state index in [-0.39, 0.29) is 18.6 Å². The van der Waals surface area contributed by atoms with Crippen molar-refractivity contribution in [3.63, 3.8) is 0 Å². The molecule has 2 aliphatic rings. The third-order valence-electron chi connectivity index (χ3n) is 4.59. The summed E-state index contributed by atoms with van der Waals surface area (Å²) in [4.78, 5) is 29.2. The predicted molar refractivity (Wildman–Crippen MR) is 75.6 cm³/mol. The van der Waals surface area contributed by atoms with Crippen LogP contribution in [-0.2, 0) is 4.79 Å². The summed E-state index contributed by atoms with van der Waals surface area (Å²) in [6.45, 7) is 4.94. The number of hydrogen-bond acceptors (Lipinski definition) is 3. The van der Waals surface area contributed by atoms with E-state index in [1.807, 2.05) is 18.7 Å². The van der Waals surface area contributed by atoms with Gasteiger partial charge in [0, 0.05) is 31.2 Å². The lowest BCUT2D eigenvalue weighted by Gasteiger charge is -2.33. The molecule has 2 saturated heterocycles. The second-order valence-corrected chi connectivity index (χ2v) is 6.18. The number of carbonyl (C=O) groups excluding carboxylic acids is 1. The van der Waals surface area contributed by atoms with Gasteiger partial charge in [-0.05, 0) is 40.2 Å². The minimum absolute atomic E-state index is 0.100. The molecule has 2 aliphatic heterocycles. The van der Waals surface area contributed by atoms with Gasteiger partial charge in [0.1, 0.15) is 6.54 Å². The topological polar surface area (TPSA) is 64.1 Å². The van der Waals surface area contributed by atoms with Gasteiger partial charge in [-0.3, -0.25) is 9.69 Å². The maximum Gasteiger partial charge on any atom is 0.323 e. The van der Waals surface area contributed by atoms with E-state index in [0.29, 0.717) is 18.6 Å². The number of hydrogen-bond donors (Lipinski definition) is 1. The summed E-state index contributed by atoms with van der Waals surface area (Å²) in [7, 11) is 2.13. The normalized spacial score (nSPS) is 26.7. The first-order chi connectivity index (χ1) is 9.40. The van der Waals surface area contributed by atoms with Crippen molar-refractivity contribution in [2.75, 3.05) is 26.7 Å². The van der Waals surface area contributed by atoms with E-state index in [0.717, 1.165) is 19.4 Å². The van der Waals surface area contributed by atoms with Crippen molar-refractivity contribution in [2.45, 2.75) is 51.2 Å². The Morgan fingerprint density at radius 1 is 1.25 bits per heavy atom. The number of amides is 2. The molecule has 2 heterocycles. The molecule has 0 aliphatic carbocycles. The molecule has 0 spiro atoms. The number of carboxylic acid groups (broad SMARTS) is 1. The van der Waals surface area contributed by atoms with Crippen LogP contribution < -0.4 is 0 Å². The van der Waals surface area contributed by atoms with Gasteiger partial charge in [0.2, 0.25) is 0 Å². The van der Waals surface area contributed by atoms with Crippen molar-refractivity contribution in [3.8, 4) is 0 Å². The number of fused-ring (bicyclic) bond motifs is 2. The quantitative estimate of drug-likeness (QED) is 0.841. The summed E-state index contributed by atoms with van der Waals surface area (Å²) in [5, 5.41) is 8.96. The van der Waals surface area contributed by atoms with Gasteiger partial charge in [-0.15, -0.1) is 0 Å². The molecule has 2 rings (SSSR count). The molecule has 2 atom stereocenters. The van der Waals surface area contributed by atoms with Crippen LogP contribution in [0.3, 0.4) is 0 Å². The molecule has 0 aromatic carbocycles. The Hall–Kier alpha value is -1.30. The van der Waals surface area contributed by atoms with Crippen LogP contribution in [0, 0.1) is 0 Å². The fourth-order valence-corrected chi connectivity index (χ4v) is 3.28. The molecule has 20 heavy (non-hydrogen) atoms. The van der Waals surface area contributed by atoms with Crippen LogP contribution in [-0.4, -0.2) is 76.6 Å². The molecule has 6 heteroatoms. The van der Waals surface area contributed by atoms with Gasteiger partial charge in [-0.1, -0.05) is 0 Å². The first-order valence-electron chi connectivity index (χ1n) is 7.39. The van der Waals surface area contributed by atoms with Crippen LogP contribution in [0.2, 0.25) is 0 Å². The zero-order chi connectivity index (χ0) is 14.9. The molecule has 114 valence electrons. The van der Waals surface area contributed by atoms with Crippen molar-refractivity contribution in [1.29, 1.82) is 0 Å². The number of aliphatic carboxylic acids is 1. The number of rotatable bonds is 3. The summed E-state index contributed by atoms with van der Waals surface area (Å²) in [5.74, 6) is -0.958. The zero-order valence-electron chi connectivity index (χ0n) is 12.6. The Labute approximate surface area is 120 Å². The molecular weight excluding hydrogens is 258 g/mol. The Balaban J connectivity index is 2.05. The van der Waals surface area contributed by atoms with Crippen LogP contribution >= 0.6 is 0 Å². The van der Waals surface area contributed by atoms with Gasteiger partial charge in [-0.25, -0.2) is 4.79 Å². The monoisotopic (exact) mass is 283 g/mol. The molecule has 0 radical (unpaired) electrons. The van der Waals surface area contributed by atoms with Crippen LogP contribution in [0.4, 0.5) is 4.79 Å². The van der Waals surface area contributed by atoms with Gasteiger partial charge in [-0.2, -0.15) is 0 Å². The lowest BCUT2D eigenvalue weighted by atomic mass is 10.1. The highest BCUT2D eigenvalue weighted by Gasteiger charge is 2.37. The van der Waals surface area contributed by atoms with Crippen molar-refractivity contribution in [1.82, 2.24) is 14.7 Å². The number of urea groups is 1. The lowest BCUT2D eigenvalue weighted by Crippen LogP contribution is -2.50. The van der Waals surface area contributed by atoms with E-state index in [9.17, 15) is 9.59 Å². The average Bonchev–Trinajstić information content (AvgIpc) is 2.59. The smallest absolute Gasteiger partial charge is 0.323 e. The molecule has 2 unspecified atom stereocenters. The van der Waals surface area contributed by atoms with Crippen LogP contribution in [0.5, 0.6) is 0 Å². The highest BCUT2D eigenvalue weighted by Crippen LogP contribution is 2.28. The number of carboxylic acids is 1. The van der Waals surface area contributed by atoms with Crippen molar-refractivity contribution in [2.24, 2.45) is 0 Å². The molecule has 2 bridgehead atoms. The van der Waals surface area contributed by atoms with Crippen molar-refractivity contribution >= 4 is 12.0 Å². The molecule has 0 aromatic heterocycles.